The lowest BCUT2D eigenvalue weighted by Gasteiger charge is -1.97. The van der Waals surface area contributed by atoms with E-state index in [4.69, 9.17) is 17.3 Å². The minimum absolute atomic E-state index is 0.421. The quantitative estimate of drug-likeness (QED) is 0.672. The van der Waals surface area contributed by atoms with Gasteiger partial charge in [-0.05, 0) is 18.2 Å². The van der Waals surface area contributed by atoms with Crippen molar-refractivity contribution in [1.82, 2.24) is 9.97 Å². The third kappa shape index (κ3) is 1.19. The van der Waals surface area contributed by atoms with Crippen molar-refractivity contribution >= 4 is 28.5 Å². The molecule has 0 spiro atoms. The fraction of sp³-hybridized carbons (Fsp3) is 0. The molecular formula is C8H6ClN3. The van der Waals surface area contributed by atoms with E-state index in [1.165, 1.54) is 6.20 Å². The maximum atomic E-state index is 5.76. The number of anilines is 1. The van der Waals surface area contributed by atoms with E-state index in [9.17, 15) is 0 Å². The van der Waals surface area contributed by atoms with Gasteiger partial charge in [0.15, 0.2) is 0 Å². The fourth-order valence-electron chi connectivity index (χ4n) is 0.998. The number of benzene rings is 1. The average Bonchev–Trinajstić information content (AvgIpc) is 2.05. The lowest BCUT2D eigenvalue weighted by Crippen LogP contribution is -1.91. The fourth-order valence-corrected chi connectivity index (χ4v) is 1.16. The van der Waals surface area contributed by atoms with E-state index in [0.29, 0.717) is 10.8 Å². The van der Waals surface area contributed by atoms with Crippen molar-refractivity contribution in [3.05, 3.63) is 29.4 Å². The molecule has 60 valence electrons. The van der Waals surface area contributed by atoms with Crippen LogP contribution in [0.4, 0.5) is 5.82 Å². The van der Waals surface area contributed by atoms with Gasteiger partial charge in [0.1, 0.15) is 5.82 Å². The van der Waals surface area contributed by atoms with Crippen molar-refractivity contribution in [2.45, 2.75) is 0 Å². The Morgan fingerprint density at radius 2 is 2.08 bits per heavy atom. The Morgan fingerprint density at radius 1 is 1.25 bits per heavy atom. The van der Waals surface area contributed by atoms with E-state index in [-0.39, 0.29) is 0 Å². The van der Waals surface area contributed by atoms with Gasteiger partial charge in [0.25, 0.3) is 0 Å². The van der Waals surface area contributed by atoms with Crippen molar-refractivity contribution in [2.75, 3.05) is 5.73 Å². The summed E-state index contributed by atoms with van der Waals surface area (Å²) >= 11 is 5.76. The molecule has 0 saturated heterocycles. The summed E-state index contributed by atoms with van der Waals surface area (Å²) in [7, 11) is 0. The summed E-state index contributed by atoms with van der Waals surface area (Å²) in [6.07, 6.45) is 1.51. The molecule has 0 aliphatic carbocycles. The van der Waals surface area contributed by atoms with Gasteiger partial charge in [0, 0.05) is 5.02 Å². The number of aromatic nitrogens is 2. The molecule has 12 heavy (non-hydrogen) atoms. The van der Waals surface area contributed by atoms with Crippen LogP contribution in [0.3, 0.4) is 0 Å². The highest BCUT2D eigenvalue weighted by atomic mass is 35.5. The molecule has 3 nitrogen and oxygen atoms in total. The number of fused-ring (bicyclic) bond motifs is 1. The normalized spacial score (nSPS) is 10.4. The van der Waals surface area contributed by atoms with Crippen LogP contribution in [0.2, 0.25) is 5.02 Å². The zero-order valence-corrected chi connectivity index (χ0v) is 6.92. The molecule has 4 heteroatoms. The number of halogens is 1. The standard InChI is InChI=1S/C8H6ClN3/c9-5-1-2-6-7(3-5)11-4-8(10)12-6/h1-4H,(H2,10,12). The Labute approximate surface area is 74.2 Å². The zero-order chi connectivity index (χ0) is 8.55. The minimum atomic E-state index is 0.421. The molecule has 0 aliphatic heterocycles. The van der Waals surface area contributed by atoms with Crippen LogP contribution in [0.15, 0.2) is 24.4 Å². The summed E-state index contributed by atoms with van der Waals surface area (Å²) in [5.74, 6) is 0.421. The number of hydrogen-bond acceptors (Lipinski definition) is 3. The van der Waals surface area contributed by atoms with E-state index in [1.54, 1.807) is 18.2 Å². The number of rotatable bonds is 0. The molecule has 0 saturated carbocycles. The van der Waals surface area contributed by atoms with Gasteiger partial charge < -0.3 is 5.73 Å². The molecule has 2 rings (SSSR count). The van der Waals surface area contributed by atoms with Crippen molar-refractivity contribution in [3.8, 4) is 0 Å². The largest absolute Gasteiger partial charge is 0.382 e. The molecule has 1 heterocycles. The second-order valence-corrected chi connectivity index (χ2v) is 2.86. The minimum Gasteiger partial charge on any atom is -0.382 e. The first kappa shape index (κ1) is 7.31. The summed E-state index contributed by atoms with van der Waals surface area (Å²) in [5, 5.41) is 0.654. The van der Waals surface area contributed by atoms with Crippen molar-refractivity contribution < 1.29 is 0 Å². The van der Waals surface area contributed by atoms with E-state index in [2.05, 4.69) is 9.97 Å². The van der Waals surface area contributed by atoms with Gasteiger partial charge in [-0.2, -0.15) is 0 Å². The molecule has 0 radical (unpaired) electrons. The highest BCUT2D eigenvalue weighted by Crippen LogP contribution is 2.15. The molecule has 2 aromatic rings. The Hall–Kier alpha value is -1.35. The number of nitrogens with zero attached hydrogens (tertiary/aromatic N) is 2. The maximum absolute atomic E-state index is 5.76. The van der Waals surface area contributed by atoms with Gasteiger partial charge in [-0.3, -0.25) is 4.98 Å². The van der Waals surface area contributed by atoms with Gasteiger partial charge >= 0.3 is 0 Å². The lowest BCUT2D eigenvalue weighted by atomic mass is 10.3. The van der Waals surface area contributed by atoms with E-state index in [0.717, 1.165) is 11.0 Å². The van der Waals surface area contributed by atoms with Crippen LogP contribution in [0, 0.1) is 0 Å². The molecule has 1 aromatic carbocycles. The van der Waals surface area contributed by atoms with Crippen LogP contribution in [0.1, 0.15) is 0 Å². The summed E-state index contributed by atoms with van der Waals surface area (Å²) < 4.78 is 0. The van der Waals surface area contributed by atoms with Crippen LogP contribution >= 0.6 is 11.6 Å². The van der Waals surface area contributed by atoms with Gasteiger partial charge in [0.2, 0.25) is 0 Å². The predicted molar refractivity (Wildman–Crippen MR) is 49.0 cm³/mol. The first-order chi connectivity index (χ1) is 5.75. The van der Waals surface area contributed by atoms with Crippen molar-refractivity contribution in [2.24, 2.45) is 0 Å². The number of hydrogen-bond donors (Lipinski definition) is 1. The predicted octanol–water partition coefficient (Wildman–Crippen LogP) is 1.87. The Balaban J connectivity index is 2.79. The van der Waals surface area contributed by atoms with Crippen molar-refractivity contribution in [3.63, 3.8) is 0 Å². The molecule has 1 aromatic heterocycles. The Morgan fingerprint density at radius 3 is 2.92 bits per heavy atom. The monoisotopic (exact) mass is 179 g/mol. The second kappa shape index (κ2) is 2.60. The summed E-state index contributed by atoms with van der Waals surface area (Å²) in [6.45, 7) is 0. The topological polar surface area (TPSA) is 51.8 Å². The smallest absolute Gasteiger partial charge is 0.142 e. The van der Waals surface area contributed by atoms with Gasteiger partial charge in [-0.1, -0.05) is 11.6 Å². The second-order valence-electron chi connectivity index (χ2n) is 2.43. The SMILES string of the molecule is Nc1cnc2cc(Cl)ccc2n1. The van der Waals surface area contributed by atoms with Crippen LogP contribution in [0.5, 0.6) is 0 Å². The van der Waals surface area contributed by atoms with E-state index < -0.39 is 0 Å². The zero-order valence-electron chi connectivity index (χ0n) is 6.16. The lowest BCUT2D eigenvalue weighted by molar-refractivity contribution is 1.30. The third-order valence-corrected chi connectivity index (χ3v) is 1.76. The van der Waals surface area contributed by atoms with Gasteiger partial charge in [-0.25, -0.2) is 4.98 Å². The van der Waals surface area contributed by atoms with E-state index in [1.807, 2.05) is 0 Å². The molecular weight excluding hydrogens is 174 g/mol. The van der Waals surface area contributed by atoms with Gasteiger partial charge in [-0.15, -0.1) is 0 Å². The molecule has 0 amide bonds. The first-order valence-corrected chi connectivity index (χ1v) is 3.81. The highest BCUT2D eigenvalue weighted by molar-refractivity contribution is 6.31. The molecule has 0 bridgehead atoms. The average molecular weight is 180 g/mol. The van der Waals surface area contributed by atoms with Crippen LogP contribution in [-0.4, -0.2) is 9.97 Å². The molecule has 0 unspecified atom stereocenters. The number of nitrogens with two attached hydrogens (primary N) is 1. The molecule has 0 fully saturated rings. The molecule has 0 aliphatic rings. The summed E-state index contributed by atoms with van der Waals surface area (Å²) in [6, 6.07) is 5.31. The Kier molecular flexibility index (Phi) is 1.59. The summed E-state index contributed by atoms with van der Waals surface area (Å²) in [5.41, 5.74) is 6.98. The van der Waals surface area contributed by atoms with Crippen LogP contribution in [0.25, 0.3) is 11.0 Å². The third-order valence-electron chi connectivity index (χ3n) is 1.52. The van der Waals surface area contributed by atoms with Gasteiger partial charge in [0.05, 0.1) is 17.2 Å². The number of nitrogen functional groups attached to an aromatic ring is 1. The van der Waals surface area contributed by atoms with E-state index >= 15 is 0 Å². The Bertz CT molecular complexity index is 386. The van der Waals surface area contributed by atoms with Crippen molar-refractivity contribution in [1.29, 1.82) is 0 Å². The van der Waals surface area contributed by atoms with Crippen LogP contribution in [-0.2, 0) is 0 Å². The molecule has 2 N–H and O–H groups in total. The van der Waals surface area contributed by atoms with Crippen LogP contribution < -0.4 is 5.73 Å². The highest BCUT2D eigenvalue weighted by Gasteiger charge is 1.96. The molecule has 0 atom stereocenters. The first-order valence-electron chi connectivity index (χ1n) is 3.43. The summed E-state index contributed by atoms with van der Waals surface area (Å²) in [4.78, 5) is 8.14. The maximum Gasteiger partial charge on any atom is 0.142 e.